The second-order valence-electron chi connectivity index (χ2n) is 6.76. The van der Waals surface area contributed by atoms with Crippen LogP contribution in [0.2, 0.25) is 0 Å². The van der Waals surface area contributed by atoms with Crippen molar-refractivity contribution in [3.63, 3.8) is 0 Å². The maximum absolute atomic E-state index is 12.9. The first kappa shape index (κ1) is 18.8. The Morgan fingerprint density at radius 1 is 1.08 bits per heavy atom. The highest BCUT2D eigenvalue weighted by molar-refractivity contribution is 7.92. The van der Waals surface area contributed by atoms with Gasteiger partial charge < -0.3 is 5.32 Å². The molecular formula is C16H25N3O4S2. The van der Waals surface area contributed by atoms with Gasteiger partial charge in [0.2, 0.25) is 20.0 Å². The molecular weight excluding hydrogens is 362 g/mol. The van der Waals surface area contributed by atoms with Gasteiger partial charge in [0, 0.05) is 25.7 Å². The second kappa shape index (κ2) is 7.32. The highest BCUT2D eigenvalue weighted by atomic mass is 32.2. The van der Waals surface area contributed by atoms with Crippen LogP contribution in [0.25, 0.3) is 0 Å². The van der Waals surface area contributed by atoms with Crippen LogP contribution >= 0.6 is 0 Å². The lowest BCUT2D eigenvalue weighted by Gasteiger charge is -2.30. The third kappa shape index (κ3) is 3.90. The number of piperidine rings is 1. The first-order chi connectivity index (χ1) is 11.8. The molecule has 2 unspecified atom stereocenters. The van der Waals surface area contributed by atoms with Crippen molar-refractivity contribution >= 4 is 20.0 Å². The number of hydrogen-bond acceptors (Lipinski definition) is 5. The van der Waals surface area contributed by atoms with Crippen molar-refractivity contribution in [2.75, 3.05) is 26.2 Å². The number of rotatable bonds is 5. The van der Waals surface area contributed by atoms with Crippen LogP contribution in [0.15, 0.2) is 34.1 Å². The summed E-state index contributed by atoms with van der Waals surface area (Å²) in [5.41, 5.74) is 0. The Balaban J connectivity index is 1.94. The van der Waals surface area contributed by atoms with E-state index in [1.807, 2.05) is 6.92 Å². The zero-order valence-electron chi connectivity index (χ0n) is 14.3. The van der Waals surface area contributed by atoms with Gasteiger partial charge in [0.1, 0.15) is 9.79 Å². The zero-order chi connectivity index (χ0) is 18.1. The molecule has 7 nitrogen and oxygen atoms in total. The van der Waals surface area contributed by atoms with E-state index in [-0.39, 0.29) is 21.8 Å². The van der Waals surface area contributed by atoms with Crippen molar-refractivity contribution in [3.05, 3.63) is 24.3 Å². The number of nitrogens with one attached hydrogen (secondary N) is 2. The summed E-state index contributed by atoms with van der Waals surface area (Å²) in [6, 6.07) is 5.62. The van der Waals surface area contributed by atoms with Crippen molar-refractivity contribution in [1.29, 1.82) is 0 Å². The fraction of sp³-hybridized carbons (Fsp3) is 0.625. The zero-order valence-corrected chi connectivity index (χ0v) is 15.9. The SMILES string of the molecule is CC1CCNCC1NS(=O)(=O)c1ccccc1S(=O)(=O)N1CCCC1. The number of benzene rings is 1. The standard InChI is InChI=1S/C16H25N3O4S2/c1-13-8-9-17-12-14(13)18-24(20,21)15-6-2-3-7-16(15)25(22,23)19-10-4-5-11-19/h2-3,6-7,13-14,17-18H,4-5,8-12H2,1H3. The number of nitrogens with zero attached hydrogens (tertiary/aromatic N) is 1. The molecule has 3 rings (SSSR count). The maximum Gasteiger partial charge on any atom is 0.244 e. The molecule has 9 heteroatoms. The summed E-state index contributed by atoms with van der Waals surface area (Å²) in [4.78, 5) is -0.305. The van der Waals surface area contributed by atoms with Gasteiger partial charge in [0.15, 0.2) is 0 Å². The molecule has 2 saturated heterocycles. The van der Waals surface area contributed by atoms with Crippen molar-refractivity contribution in [1.82, 2.24) is 14.3 Å². The molecule has 25 heavy (non-hydrogen) atoms. The molecule has 2 aliphatic rings. The van der Waals surface area contributed by atoms with E-state index < -0.39 is 20.0 Å². The normalized spacial score (nSPS) is 26.0. The topological polar surface area (TPSA) is 95.6 Å². The van der Waals surface area contributed by atoms with Crippen molar-refractivity contribution in [3.8, 4) is 0 Å². The molecule has 2 fully saturated rings. The smallest absolute Gasteiger partial charge is 0.244 e. The average molecular weight is 388 g/mol. The third-order valence-corrected chi connectivity index (χ3v) is 8.59. The highest BCUT2D eigenvalue weighted by Gasteiger charge is 2.34. The molecule has 140 valence electrons. The summed E-state index contributed by atoms with van der Waals surface area (Å²) in [7, 11) is -7.74. The van der Waals surface area contributed by atoms with E-state index in [9.17, 15) is 16.8 Å². The van der Waals surface area contributed by atoms with Crippen LogP contribution in [0, 0.1) is 5.92 Å². The van der Waals surface area contributed by atoms with E-state index in [4.69, 9.17) is 0 Å². The molecule has 1 aromatic rings. The van der Waals surface area contributed by atoms with E-state index in [0.29, 0.717) is 19.6 Å². The Morgan fingerprint density at radius 3 is 2.36 bits per heavy atom. The number of sulfonamides is 2. The van der Waals surface area contributed by atoms with Gasteiger partial charge in [-0.1, -0.05) is 19.1 Å². The van der Waals surface area contributed by atoms with E-state index in [1.54, 1.807) is 12.1 Å². The minimum absolute atomic E-state index is 0.138. The fourth-order valence-corrected chi connectivity index (χ4v) is 7.03. The van der Waals surface area contributed by atoms with Crippen LogP contribution in [0.3, 0.4) is 0 Å². The summed E-state index contributed by atoms with van der Waals surface area (Å²) in [5.74, 6) is 0.193. The lowest BCUT2D eigenvalue weighted by atomic mass is 9.96. The molecule has 0 aliphatic carbocycles. The van der Waals surface area contributed by atoms with Gasteiger partial charge in [-0.25, -0.2) is 21.6 Å². The molecule has 1 aromatic carbocycles. The molecule has 0 amide bonds. The van der Waals surface area contributed by atoms with Crippen molar-refractivity contribution in [2.24, 2.45) is 5.92 Å². The quantitative estimate of drug-likeness (QED) is 0.777. The van der Waals surface area contributed by atoms with Crippen LogP contribution in [0.5, 0.6) is 0 Å². The molecule has 2 aliphatic heterocycles. The van der Waals surface area contributed by atoms with Gasteiger partial charge >= 0.3 is 0 Å². The molecule has 0 bridgehead atoms. The lowest BCUT2D eigenvalue weighted by Crippen LogP contribution is -2.50. The molecule has 0 radical (unpaired) electrons. The highest BCUT2D eigenvalue weighted by Crippen LogP contribution is 2.27. The first-order valence-corrected chi connectivity index (χ1v) is 11.6. The van der Waals surface area contributed by atoms with Crippen molar-refractivity contribution in [2.45, 2.75) is 42.0 Å². The molecule has 0 aromatic heterocycles. The third-order valence-electron chi connectivity index (χ3n) is 4.96. The summed E-state index contributed by atoms with van der Waals surface area (Å²) >= 11 is 0. The van der Waals surface area contributed by atoms with Crippen LogP contribution in [0.1, 0.15) is 26.2 Å². The van der Waals surface area contributed by atoms with Gasteiger partial charge in [-0.15, -0.1) is 0 Å². The number of hydrogen-bond donors (Lipinski definition) is 2. The summed E-state index contributed by atoms with van der Waals surface area (Å²) in [5, 5.41) is 3.18. The molecule has 2 heterocycles. The van der Waals surface area contributed by atoms with Gasteiger partial charge in [-0.05, 0) is 43.9 Å². The average Bonchev–Trinajstić information content (AvgIpc) is 3.12. The van der Waals surface area contributed by atoms with Crippen LogP contribution in [-0.2, 0) is 20.0 Å². The monoisotopic (exact) mass is 387 g/mol. The summed E-state index contributed by atoms with van der Waals surface area (Å²) < 4.78 is 55.6. The minimum atomic E-state index is -3.93. The van der Waals surface area contributed by atoms with Gasteiger partial charge in [0.25, 0.3) is 0 Å². The van der Waals surface area contributed by atoms with E-state index in [0.717, 1.165) is 25.8 Å². The Hall–Kier alpha value is -1.00. The first-order valence-electron chi connectivity index (χ1n) is 8.64. The molecule has 2 atom stereocenters. The van der Waals surface area contributed by atoms with E-state index in [2.05, 4.69) is 10.0 Å². The maximum atomic E-state index is 12.9. The van der Waals surface area contributed by atoms with Crippen LogP contribution < -0.4 is 10.0 Å². The summed E-state index contributed by atoms with van der Waals surface area (Å²) in [6.45, 7) is 4.28. The van der Waals surface area contributed by atoms with E-state index in [1.165, 1.54) is 16.4 Å². The van der Waals surface area contributed by atoms with Crippen LogP contribution in [0.4, 0.5) is 0 Å². The van der Waals surface area contributed by atoms with Gasteiger partial charge in [0.05, 0.1) is 0 Å². The Labute approximate surface area is 149 Å². The molecule has 2 N–H and O–H groups in total. The lowest BCUT2D eigenvalue weighted by molar-refractivity contribution is 0.327. The van der Waals surface area contributed by atoms with Gasteiger partial charge in [-0.3, -0.25) is 0 Å². The largest absolute Gasteiger partial charge is 0.315 e. The molecule has 0 saturated carbocycles. The van der Waals surface area contributed by atoms with Crippen LogP contribution in [-0.4, -0.2) is 53.4 Å². The van der Waals surface area contributed by atoms with Gasteiger partial charge in [-0.2, -0.15) is 4.31 Å². The minimum Gasteiger partial charge on any atom is -0.315 e. The molecule has 0 spiro atoms. The summed E-state index contributed by atoms with van der Waals surface area (Å²) in [6.07, 6.45) is 2.48. The predicted molar refractivity (Wildman–Crippen MR) is 95.2 cm³/mol. The predicted octanol–water partition coefficient (Wildman–Crippen LogP) is 0.747. The van der Waals surface area contributed by atoms with E-state index >= 15 is 0 Å². The second-order valence-corrected chi connectivity index (χ2v) is 10.3. The Kier molecular flexibility index (Phi) is 5.50. The Bertz CT molecular complexity index is 818. The van der Waals surface area contributed by atoms with Crippen molar-refractivity contribution < 1.29 is 16.8 Å². The fourth-order valence-electron chi connectivity index (χ4n) is 3.36. The Morgan fingerprint density at radius 2 is 1.72 bits per heavy atom.